The zero-order valence-electron chi connectivity index (χ0n) is 7.66. The highest BCUT2D eigenvalue weighted by molar-refractivity contribution is 6.32. The van der Waals surface area contributed by atoms with Gasteiger partial charge in [-0.1, -0.05) is 17.7 Å². The van der Waals surface area contributed by atoms with Crippen molar-refractivity contribution in [3.05, 3.63) is 28.8 Å². The topological polar surface area (TPSA) is 32.3 Å². The van der Waals surface area contributed by atoms with Crippen molar-refractivity contribution < 1.29 is 5.11 Å². The van der Waals surface area contributed by atoms with Gasteiger partial charge in [0.2, 0.25) is 0 Å². The van der Waals surface area contributed by atoms with Crippen LogP contribution in [0.2, 0.25) is 5.02 Å². The predicted octanol–water partition coefficient (Wildman–Crippen LogP) is 2.89. The molecular weight excluding hydrogens is 221 g/mol. The van der Waals surface area contributed by atoms with Crippen molar-refractivity contribution in [2.45, 2.75) is 18.9 Å². The van der Waals surface area contributed by atoms with Gasteiger partial charge in [0.1, 0.15) is 5.75 Å². The number of hydrogen-bond acceptors (Lipinski definition) is 2. The summed E-state index contributed by atoms with van der Waals surface area (Å²) in [5.41, 5.74) is 1.17. The molecule has 0 spiro atoms. The van der Waals surface area contributed by atoms with E-state index in [0.717, 1.165) is 13.0 Å². The van der Waals surface area contributed by atoms with Crippen molar-refractivity contribution in [2.24, 2.45) is 0 Å². The molecule has 1 aromatic rings. The second-order valence-electron chi connectivity index (χ2n) is 3.36. The smallest absolute Gasteiger partial charge is 0.134 e. The number of nitrogens with one attached hydrogen (secondary N) is 1. The molecule has 0 unspecified atom stereocenters. The summed E-state index contributed by atoms with van der Waals surface area (Å²) in [4.78, 5) is 0. The maximum absolute atomic E-state index is 9.23. The fourth-order valence-electron chi connectivity index (χ4n) is 1.71. The molecule has 78 valence electrons. The summed E-state index contributed by atoms with van der Waals surface area (Å²) in [5, 5.41) is 13.0. The van der Waals surface area contributed by atoms with E-state index in [1.165, 1.54) is 12.0 Å². The minimum absolute atomic E-state index is 0. The molecule has 0 aromatic heterocycles. The van der Waals surface area contributed by atoms with Crippen LogP contribution in [0, 0.1) is 0 Å². The number of benzene rings is 1. The van der Waals surface area contributed by atoms with E-state index in [1.807, 2.05) is 12.1 Å². The average molecular weight is 234 g/mol. The SMILES string of the molecule is Cl.Oc1ccc([C@H]2CCCN2)cc1Cl. The lowest BCUT2D eigenvalue weighted by atomic mass is 10.1. The Hall–Kier alpha value is -0.440. The highest BCUT2D eigenvalue weighted by Gasteiger charge is 2.16. The number of phenols is 1. The summed E-state index contributed by atoms with van der Waals surface area (Å²) in [6.45, 7) is 1.07. The normalized spacial score (nSPS) is 20.5. The van der Waals surface area contributed by atoms with Gasteiger partial charge in [-0.25, -0.2) is 0 Å². The molecule has 2 N–H and O–H groups in total. The molecule has 0 radical (unpaired) electrons. The first-order valence-corrected chi connectivity index (χ1v) is 4.87. The molecule has 2 rings (SSSR count). The lowest BCUT2D eigenvalue weighted by Gasteiger charge is -2.10. The van der Waals surface area contributed by atoms with Gasteiger partial charge in [-0.05, 0) is 37.1 Å². The van der Waals surface area contributed by atoms with E-state index in [0.29, 0.717) is 11.1 Å². The lowest BCUT2D eigenvalue weighted by molar-refractivity contribution is 0.475. The Bertz CT molecular complexity index is 311. The van der Waals surface area contributed by atoms with E-state index < -0.39 is 0 Å². The maximum atomic E-state index is 9.23. The van der Waals surface area contributed by atoms with Gasteiger partial charge in [0.25, 0.3) is 0 Å². The van der Waals surface area contributed by atoms with E-state index in [-0.39, 0.29) is 18.2 Å². The third-order valence-corrected chi connectivity index (χ3v) is 2.74. The highest BCUT2D eigenvalue weighted by Crippen LogP contribution is 2.29. The summed E-state index contributed by atoms with van der Waals surface area (Å²) >= 11 is 5.81. The lowest BCUT2D eigenvalue weighted by Crippen LogP contribution is -2.12. The van der Waals surface area contributed by atoms with E-state index >= 15 is 0 Å². The number of rotatable bonds is 1. The van der Waals surface area contributed by atoms with Crippen LogP contribution in [0.25, 0.3) is 0 Å². The average Bonchev–Trinajstić information content (AvgIpc) is 2.62. The number of hydrogen-bond donors (Lipinski definition) is 2. The molecule has 1 aromatic carbocycles. The number of aromatic hydroxyl groups is 1. The third-order valence-electron chi connectivity index (χ3n) is 2.43. The fourth-order valence-corrected chi connectivity index (χ4v) is 1.90. The van der Waals surface area contributed by atoms with E-state index in [4.69, 9.17) is 11.6 Å². The van der Waals surface area contributed by atoms with E-state index in [1.54, 1.807) is 6.07 Å². The maximum Gasteiger partial charge on any atom is 0.134 e. The van der Waals surface area contributed by atoms with Crippen molar-refractivity contribution in [1.82, 2.24) is 5.32 Å². The molecule has 0 amide bonds. The number of halogens is 2. The third kappa shape index (κ3) is 2.32. The molecule has 0 bridgehead atoms. The fraction of sp³-hybridized carbons (Fsp3) is 0.400. The zero-order valence-corrected chi connectivity index (χ0v) is 9.24. The zero-order chi connectivity index (χ0) is 9.26. The summed E-state index contributed by atoms with van der Waals surface area (Å²) in [6.07, 6.45) is 2.37. The Morgan fingerprint density at radius 3 is 2.79 bits per heavy atom. The molecule has 1 atom stereocenters. The van der Waals surface area contributed by atoms with Crippen LogP contribution in [-0.4, -0.2) is 11.7 Å². The van der Waals surface area contributed by atoms with Gasteiger partial charge in [0, 0.05) is 6.04 Å². The minimum atomic E-state index is 0. The Morgan fingerprint density at radius 2 is 2.21 bits per heavy atom. The summed E-state index contributed by atoms with van der Waals surface area (Å²) < 4.78 is 0. The van der Waals surface area contributed by atoms with Crippen LogP contribution >= 0.6 is 24.0 Å². The minimum Gasteiger partial charge on any atom is -0.506 e. The van der Waals surface area contributed by atoms with E-state index in [9.17, 15) is 5.11 Å². The van der Waals surface area contributed by atoms with Gasteiger partial charge in [-0.2, -0.15) is 0 Å². The van der Waals surface area contributed by atoms with Crippen LogP contribution in [0.4, 0.5) is 0 Å². The first kappa shape index (κ1) is 11.6. The van der Waals surface area contributed by atoms with Gasteiger partial charge in [0.15, 0.2) is 0 Å². The van der Waals surface area contributed by atoms with Gasteiger partial charge >= 0.3 is 0 Å². The van der Waals surface area contributed by atoms with Crippen molar-refractivity contribution in [3.8, 4) is 5.75 Å². The Balaban J connectivity index is 0.000000980. The molecule has 1 saturated heterocycles. The molecule has 1 heterocycles. The van der Waals surface area contributed by atoms with E-state index in [2.05, 4.69) is 5.32 Å². The Labute approximate surface area is 94.7 Å². The molecule has 2 nitrogen and oxygen atoms in total. The van der Waals surface area contributed by atoms with Crippen LogP contribution < -0.4 is 5.32 Å². The first-order valence-electron chi connectivity index (χ1n) is 4.49. The second-order valence-corrected chi connectivity index (χ2v) is 3.77. The molecule has 0 aliphatic carbocycles. The summed E-state index contributed by atoms with van der Waals surface area (Å²) in [5.74, 6) is 0.156. The molecule has 1 aliphatic rings. The Kier molecular flexibility index (Phi) is 4.05. The second kappa shape index (κ2) is 4.87. The molecule has 1 fully saturated rings. The summed E-state index contributed by atoms with van der Waals surface area (Å²) in [6, 6.07) is 5.82. The molecule has 0 saturated carbocycles. The number of phenolic OH excluding ortho intramolecular Hbond substituents is 1. The predicted molar refractivity (Wildman–Crippen MR) is 60.3 cm³/mol. The molecule has 4 heteroatoms. The van der Waals surface area contributed by atoms with Crippen molar-refractivity contribution in [2.75, 3.05) is 6.54 Å². The van der Waals surface area contributed by atoms with Gasteiger partial charge < -0.3 is 10.4 Å². The van der Waals surface area contributed by atoms with Crippen LogP contribution in [-0.2, 0) is 0 Å². The van der Waals surface area contributed by atoms with Crippen LogP contribution in [0.5, 0.6) is 5.75 Å². The molecule has 14 heavy (non-hydrogen) atoms. The quantitative estimate of drug-likeness (QED) is 0.783. The van der Waals surface area contributed by atoms with Crippen LogP contribution in [0.3, 0.4) is 0 Å². The van der Waals surface area contributed by atoms with Crippen molar-refractivity contribution in [3.63, 3.8) is 0 Å². The van der Waals surface area contributed by atoms with Gasteiger partial charge in [-0.3, -0.25) is 0 Å². The molecular formula is C10H13Cl2NO. The molecule has 1 aliphatic heterocycles. The van der Waals surface area contributed by atoms with Crippen molar-refractivity contribution in [1.29, 1.82) is 0 Å². The monoisotopic (exact) mass is 233 g/mol. The van der Waals surface area contributed by atoms with Crippen LogP contribution in [0.15, 0.2) is 18.2 Å². The standard InChI is InChI=1S/C10H12ClNO.ClH/c11-8-6-7(3-4-10(8)13)9-2-1-5-12-9;/h3-4,6,9,12-13H,1-2,5H2;1H/t9-;/m1./s1. The summed E-state index contributed by atoms with van der Waals surface area (Å²) in [7, 11) is 0. The van der Waals surface area contributed by atoms with Crippen molar-refractivity contribution >= 4 is 24.0 Å². The van der Waals surface area contributed by atoms with Gasteiger partial charge in [-0.15, -0.1) is 12.4 Å². The van der Waals surface area contributed by atoms with Crippen LogP contribution in [0.1, 0.15) is 24.4 Å². The Morgan fingerprint density at radius 1 is 1.43 bits per heavy atom. The highest BCUT2D eigenvalue weighted by atomic mass is 35.5. The van der Waals surface area contributed by atoms with Gasteiger partial charge in [0.05, 0.1) is 5.02 Å². The first-order chi connectivity index (χ1) is 6.27. The largest absolute Gasteiger partial charge is 0.506 e.